The Labute approximate surface area is 194 Å². The second-order valence-electron chi connectivity index (χ2n) is 6.36. The number of methoxy groups -OCH3 is 3. The van der Waals surface area contributed by atoms with Crippen molar-refractivity contribution in [2.75, 3.05) is 37.6 Å². The van der Waals surface area contributed by atoms with Crippen LogP contribution in [0.15, 0.2) is 47.1 Å². The topological polar surface area (TPSA) is 121 Å². The lowest BCUT2D eigenvalue weighted by Gasteiger charge is -2.15. The minimum Gasteiger partial charge on any atom is -0.493 e. The Morgan fingerprint density at radius 1 is 0.969 bits per heavy atom. The monoisotopic (exact) mass is 524 g/mol. The van der Waals surface area contributed by atoms with Crippen LogP contribution in [0.5, 0.6) is 28.9 Å². The number of ether oxygens (including phenoxy) is 4. The van der Waals surface area contributed by atoms with E-state index in [1.807, 2.05) is 0 Å². The largest absolute Gasteiger partial charge is 0.493 e. The molecule has 3 rings (SSSR count). The zero-order valence-corrected chi connectivity index (χ0v) is 20.1. The fourth-order valence-electron chi connectivity index (χ4n) is 2.71. The molecule has 10 nitrogen and oxygen atoms in total. The Bertz CT molecular complexity index is 1200. The van der Waals surface area contributed by atoms with Crippen LogP contribution in [0.3, 0.4) is 0 Å². The van der Waals surface area contributed by atoms with Crippen molar-refractivity contribution in [2.45, 2.75) is 0 Å². The van der Waals surface area contributed by atoms with Gasteiger partial charge in [0, 0.05) is 17.8 Å². The summed E-state index contributed by atoms with van der Waals surface area (Å²) in [6.07, 6.45) is 2.57. The van der Waals surface area contributed by atoms with Crippen molar-refractivity contribution in [1.82, 2.24) is 9.97 Å². The van der Waals surface area contributed by atoms with Gasteiger partial charge in [0.15, 0.2) is 17.2 Å². The fraction of sp³-hybridized carbons (Fsp3) is 0.200. The molecule has 0 bridgehead atoms. The van der Waals surface area contributed by atoms with Crippen LogP contribution in [0.1, 0.15) is 0 Å². The SMILES string of the molecule is COc1cc(Nc2ncc(Br)c(Oc3ccccc3NS(C)(=O)=O)n2)cc(OC)c1OC. The summed E-state index contributed by atoms with van der Waals surface area (Å²) in [5.41, 5.74) is 0.867. The van der Waals surface area contributed by atoms with E-state index in [0.29, 0.717) is 27.4 Å². The number of anilines is 3. The van der Waals surface area contributed by atoms with Crippen molar-refractivity contribution in [3.63, 3.8) is 0 Å². The van der Waals surface area contributed by atoms with E-state index in [-0.39, 0.29) is 23.3 Å². The van der Waals surface area contributed by atoms with Crippen LogP contribution in [0.4, 0.5) is 17.3 Å². The number of nitrogens with zero attached hydrogens (tertiary/aromatic N) is 2. The number of rotatable bonds is 9. The Morgan fingerprint density at radius 2 is 1.62 bits per heavy atom. The van der Waals surface area contributed by atoms with Gasteiger partial charge in [-0.3, -0.25) is 4.72 Å². The molecule has 170 valence electrons. The number of benzene rings is 2. The lowest BCUT2D eigenvalue weighted by molar-refractivity contribution is 0.324. The van der Waals surface area contributed by atoms with Gasteiger partial charge >= 0.3 is 0 Å². The molecule has 2 N–H and O–H groups in total. The Balaban J connectivity index is 1.91. The highest BCUT2D eigenvalue weighted by molar-refractivity contribution is 9.10. The van der Waals surface area contributed by atoms with Crippen molar-refractivity contribution >= 4 is 43.3 Å². The molecule has 3 aromatic rings. The molecule has 0 atom stereocenters. The fourth-order valence-corrected chi connectivity index (χ4v) is 3.55. The molecule has 1 heterocycles. The average molecular weight is 525 g/mol. The third kappa shape index (κ3) is 5.71. The van der Waals surface area contributed by atoms with E-state index in [2.05, 4.69) is 35.9 Å². The van der Waals surface area contributed by atoms with E-state index in [4.69, 9.17) is 18.9 Å². The number of sulfonamides is 1. The molecule has 1 aromatic heterocycles. The predicted molar refractivity (Wildman–Crippen MR) is 124 cm³/mol. The molecule has 0 aliphatic carbocycles. The summed E-state index contributed by atoms with van der Waals surface area (Å²) < 4.78 is 48.1. The lowest BCUT2D eigenvalue weighted by atomic mass is 10.2. The van der Waals surface area contributed by atoms with E-state index >= 15 is 0 Å². The van der Waals surface area contributed by atoms with Gasteiger partial charge < -0.3 is 24.3 Å². The number of halogens is 1. The molecule has 0 amide bonds. The van der Waals surface area contributed by atoms with Crippen molar-refractivity contribution in [1.29, 1.82) is 0 Å². The standard InChI is InChI=1S/C20H21BrN4O6S/c1-28-16-9-12(10-17(29-2)18(16)30-3)23-20-22-11-13(21)19(24-20)31-15-8-6-5-7-14(15)25-32(4,26)27/h5-11,25H,1-4H3,(H,22,23,24). The van der Waals surface area contributed by atoms with E-state index in [1.54, 1.807) is 36.4 Å². The molecular formula is C20H21BrN4O6S. The van der Waals surface area contributed by atoms with Crippen LogP contribution < -0.4 is 29.0 Å². The van der Waals surface area contributed by atoms with Gasteiger partial charge in [-0.15, -0.1) is 0 Å². The Hall–Kier alpha value is -3.25. The van der Waals surface area contributed by atoms with E-state index in [1.165, 1.54) is 27.5 Å². The minimum atomic E-state index is -3.49. The van der Waals surface area contributed by atoms with E-state index in [0.717, 1.165) is 6.26 Å². The minimum absolute atomic E-state index is 0.178. The van der Waals surface area contributed by atoms with Crippen LogP contribution in [0, 0.1) is 0 Å². The number of para-hydroxylation sites is 2. The van der Waals surface area contributed by atoms with Crippen LogP contribution >= 0.6 is 15.9 Å². The number of hydrogen-bond donors (Lipinski definition) is 2. The summed E-state index contributed by atoms with van der Waals surface area (Å²) in [7, 11) is 1.07. The van der Waals surface area contributed by atoms with Crippen LogP contribution in [0.2, 0.25) is 0 Å². The molecule has 0 spiro atoms. The first-order valence-corrected chi connectivity index (χ1v) is 11.8. The van der Waals surface area contributed by atoms with E-state index < -0.39 is 10.0 Å². The summed E-state index contributed by atoms with van der Waals surface area (Å²) in [4.78, 5) is 8.61. The molecule has 0 fully saturated rings. The van der Waals surface area contributed by atoms with E-state index in [9.17, 15) is 8.42 Å². The first-order chi connectivity index (χ1) is 15.2. The quantitative estimate of drug-likeness (QED) is 0.424. The molecule has 0 saturated heterocycles. The number of nitrogens with one attached hydrogen (secondary N) is 2. The molecule has 0 radical (unpaired) electrons. The van der Waals surface area contributed by atoms with Crippen molar-refractivity contribution < 1.29 is 27.4 Å². The Morgan fingerprint density at radius 3 is 2.22 bits per heavy atom. The van der Waals surface area contributed by atoms with Crippen molar-refractivity contribution in [3.8, 4) is 28.9 Å². The molecule has 32 heavy (non-hydrogen) atoms. The zero-order chi connectivity index (χ0) is 23.3. The maximum Gasteiger partial charge on any atom is 0.238 e. The highest BCUT2D eigenvalue weighted by Gasteiger charge is 2.16. The summed E-state index contributed by atoms with van der Waals surface area (Å²) in [6, 6.07) is 10.0. The van der Waals surface area contributed by atoms with Gasteiger partial charge in [-0.1, -0.05) is 12.1 Å². The van der Waals surface area contributed by atoms with Crippen molar-refractivity contribution in [2.24, 2.45) is 0 Å². The third-order valence-electron chi connectivity index (χ3n) is 4.02. The normalized spacial score (nSPS) is 10.9. The summed E-state index contributed by atoms with van der Waals surface area (Å²) in [5.74, 6) is 2.06. The highest BCUT2D eigenvalue weighted by atomic mass is 79.9. The van der Waals surface area contributed by atoms with Gasteiger partial charge in [0.25, 0.3) is 0 Å². The molecular weight excluding hydrogens is 504 g/mol. The molecule has 0 saturated carbocycles. The third-order valence-corrected chi connectivity index (χ3v) is 5.16. The van der Waals surface area contributed by atoms with Gasteiger partial charge in [0.2, 0.25) is 27.6 Å². The van der Waals surface area contributed by atoms with Gasteiger partial charge in [0.1, 0.15) is 0 Å². The number of aromatic nitrogens is 2. The molecule has 0 aliphatic rings. The van der Waals surface area contributed by atoms with Crippen LogP contribution in [-0.4, -0.2) is 46.0 Å². The molecule has 2 aromatic carbocycles. The molecule has 0 unspecified atom stereocenters. The maximum absolute atomic E-state index is 11.6. The van der Waals surface area contributed by atoms with Gasteiger partial charge in [-0.2, -0.15) is 4.98 Å². The molecule has 12 heteroatoms. The van der Waals surface area contributed by atoms with Crippen molar-refractivity contribution in [3.05, 3.63) is 47.1 Å². The van der Waals surface area contributed by atoms with Crippen LogP contribution in [-0.2, 0) is 10.0 Å². The smallest absolute Gasteiger partial charge is 0.238 e. The zero-order valence-electron chi connectivity index (χ0n) is 17.7. The number of hydrogen-bond acceptors (Lipinski definition) is 9. The molecule has 0 aliphatic heterocycles. The van der Waals surface area contributed by atoms with Gasteiger partial charge in [-0.25, -0.2) is 13.4 Å². The van der Waals surface area contributed by atoms with Gasteiger partial charge in [-0.05, 0) is 28.1 Å². The lowest BCUT2D eigenvalue weighted by Crippen LogP contribution is -2.10. The summed E-state index contributed by atoms with van der Waals surface area (Å²) >= 11 is 3.35. The average Bonchev–Trinajstić information content (AvgIpc) is 2.75. The highest BCUT2D eigenvalue weighted by Crippen LogP contribution is 2.40. The predicted octanol–water partition coefficient (Wildman–Crippen LogP) is 4.17. The first kappa shape index (κ1) is 23.4. The van der Waals surface area contributed by atoms with Crippen LogP contribution in [0.25, 0.3) is 0 Å². The summed E-state index contributed by atoms with van der Waals surface area (Å²) in [5, 5.41) is 3.06. The second-order valence-corrected chi connectivity index (χ2v) is 8.96. The Kier molecular flexibility index (Phi) is 7.26. The maximum atomic E-state index is 11.6. The van der Waals surface area contributed by atoms with Gasteiger partial charge in [0.05, 0.1) is 43.9 Å². The summed E-state index contributed by atoms with van der Waals surface area (Å²) in [6.45, 7) is 0. The second kappa shape index (κ2) is 9.92. The first-order valence-electron chi connectivity index (χ1n) is 9.08.